The number of benzene rings is 1. The zero-order valence-electron chi connectivity index (χ0n) is 12.2. The van der Waals surface area contributed by atoms with Crippen molar-refractivity contribution in [3.63, 3.8) is 0 Å². The Labute approximate surface area is 116 Å². The summed E-state index contributed by atoms with van der Waals surface area (Å²) in [5, 5.41) is 3.42. The molecule has 2 rings (SSSR count). The first-order valence-electron chi connectivity index (χ1n) is 7.33. The summed E-state index contributed by atoms with van der Waals surface area (Å²) in [5.41, 5.74) is 1.25. The third-order valence-corrected chi connectivity index (χ3v) is 3.41. The van der Waals surface area contributed by atoms with E-state index in [1.807, 2.05) is 12.1 Å². The fraction of sp³-hybridized carbons (Fsp3) is 0.625. The standard InChI is InChI=1S/C16H25NO2/c1-4-17-15-11-19-16-10-13(7-8-14(15)16)18-9-5-6-12(2)3/h7-8,10,12,15,17H,4-6,9,11H2,1-3H3. The number of nitrogens with one attached hydrogen (secondary N) is 1. The molecule has 1 aromatic carbocycles. The Morgan fingerprint density at radius 1 is 1.42 bits per heavy atom. The topological polar surface area (TPSA) is 30.5 Å². The molecule has 0 aromatic heterocycles. The summed E-state index contributed by atoms with van der Waals surface area (Å²) in [6, 6.07) is 6.51. The molecule has 106 valence electrons. The van der Waals surface area contributed by atoms with Crippen molar-refractivity contribution >= 4 is 0 Å². The van der Waals surface area contributed by atoms with Gasteiger partial charge in [-0.25, -0.2) is 0 Å². The summed E-state index contributed by atoms with van der Waals surface area (Å²) in [7, 11) is 0. The molecule has 0 saturated heterocycles. The SMILES string of the molecule is CCNC1COc2cc(OCCCC(C)C)ccc21. The number of likely N-dealkylation sites (N-methyl/N-ethyl adjacent to an activating group) is 1. The predicted octanol–water partition coefficient (Wildman–Crippen LogP) is 3.54. The van der Waals surface area contributed by atoms with Gasteiger partial charge in [-0.1, -0.05) is 20.8 Å². The van der Waals surface area contributed by atoms with Gasteiger partial charge in [0.2, 0.25) is 0 Å². The van der Waals surface area contributed by atoms with Gasteiger partial charge >= 0.3 is 0 Å². The molecule has 0 fully saturated rings. The maximum Gasteiger partial charge on any atom is 0.127 e. The zero-order chi connectivity index (χ0) is 13.7. The largest absolute Gasteiger partial charge is 0.493 e. The van der Waals surface area contributed by atoms with E-state index >= 15 is 0 Å². The second-order valence-corrected chi connectivity index (χ2v) is 5.51. The Balaban J connectivity index is 1.88. The van der Waals surface area contributed by atoms with Crippen molar-refractivity contribution in [3.05, 3.63) is 23.8 Å². The van der Waals surface area contributed by atoms with E-state index < -0.39 is 0 Å². The maximum atomic E-state index is 5.78. The van der Waals surface area contributed by atoms with E-state index in [2.05, 4.69) is 32.2 Å². The van der Waals surface area contributed by atoms with E-state index in [-0.39, 0.29) is 0 Å². The van der Waals surface area contributed by atoms with E-state index in [1.165, 1.54) is 12.0 Å². The smallest absolute Gasteiger partial charge is 0.127 e. The molecular formula is C16H25NO2. The van der Waals surface area contributed by atoms with Crippen molar-refractivity contribution in [3.8, 4) is 11.5 Å². The van der Waals surface area contributed by atoms with Crippen molar-refractivity contribution in [1.29, 1.82) is 0 Å². The molecule has 1 unspecified atom stereocenters. The Morgan fingerprint density at radius 2 is 2.26 bits per heavy atom. The fourth-order valence-corrected chi connectivity index (χ4v) is 2.38. The molecule has 1 aliphatic heterocycles. The third kappa shape index (κ3) is 3.87. The lowest BCUT2D eigenvalue weighted by molar-refractivity contribution is 0.292. The summed E-state index contributed by atoms with van der Waals surface area (Å²) in [5.74, 6) is 2.62. The summed E-state index contributed by atoms with van der Waals surface area (Å²) < 4.78 is 11.5. The van der Waals surface area contributed by atoms with Crippen LogP contribution in [0.15, 0.2) is 18.2 Å². The van der Waals surface area contributed by atoms with Crippen LogP contribution in [0.1, 0.15) is 45.2 Å². The first kappa shape index (κ1) is 14.2. The monoisotopic (exact) mass is 263 g/mol. The van der Waals surface area contributed by atoms with E-state index in [1.54, 1.807) is 0 Å². The quantitative estimate of drug-likeness (QED) is 0.763. The van der Waals surface area contributed by atoms with Crippen molar-refractivity contribution in [2.24, 2.45) is 5.92 Å². The lowest BCUT2D eigenvalue weighted by Crippen LogP contribution is -2.21. The van der Waals surface area contributed by atoms with Crippen LogP contribution in [0.4, 0.5) is 0 Å². The maximum absolute atomic E-state index is 5.78. The second-order valence-electron chi connectivity index (χ2n) is 5.51. The average Bonchev–Trinajstić information content (AvgIpc) is 2.78. The summed E-state index contributed by atoms with van der Waals surface area (Å²) in [6.07, 6.45) is 2.32. The second kappa shape index (κ2) is 6.80. The fourth-order valence-electron chi connectivity index (χ4n) is 2.38. The van der Waals surface area contributed by atoms with Crippen LogP contribution in [0.5, 0.6) is 11.5 Å². The van der Waals surface area contributed by atoms with Gasteiger partial charge in [0.1, 0.15) is 18.1 Å². The minimum atomic E-state index is 0.329. The molecule has 3 nitrogen and oxygen atoms in total. The van der Waals surface area contributed by atoms with Crippen LogP contribution in [-0.4, -0.2) is 19.8 Å². The van der Waals surface area contributed by atoms with E-state index in [0.29, 0.717) is 6.04 Å². The molecule has 3 heteroatoms. The van der Waals surface area contributed by atoms with Crippen molar-refractivity contribution in [2.75, 3.05) is 19.8 Å². The normalized spacial score (nSPS) is 17.4. The molecule has 0 spiro atoms. The molecular weight excluding hydrogens is 238 g/mol. The molecule has 1 heterocycles. The highest BCUT2D eigenvalue weighted by molar-refractivity contribution is 5.45. The number of hydrogen-bond donors (Lipinski definition) is 1. The van der Waals surface area contributed by atoms with Crippen LogP contribution in [0.2, 0.25) is 0 Å². The third-order valence-electron chi connectivity index (χ3n) is 3.41. The Morgan fingerprint density at radius 3 is 3.00 bits per heavy atom. The minimum Gasteiger partial charge on any atom is -0.493 e. The highest BCUT2D eigenvalue weighted by Crippen LogP contribution is 2.35. The van der Waals surface area contributed by atoms with Gasteiger partial charge in [0.15, 0.2) is 0 Å². The summed E-state index contributed by atoms with van der Waals surface area (Å²) in [4.78, 5) is 0. The van der Waals surface area contributed by atoms with Crippen LogP contribution in [0.3, 0.4) is 0 Å². The molecule has 0 aliphatic carbocycles. The van der Waals surface area contributed by atoms with Gasteiger partial charge in [0.05, 0.1) is 12.6 Å². The summed E-state index contributed by atoms with van der Waals surface area (Å²) in [6.45, 7) is 9.06. The lowest BCUT2D eigenvalue weighted by atomic mass is 10.1. The van der Waals surface area contributed by atoms with Crippen LogP contribution < -0.4 is 14.8 Å². The van der Waals surface area contributed by atoms with Gasteiger partial charge in [-0.2, -0.15) is 0 Å². The van der Waals surface area contributed by atoms with E-state index in [9.17, 15) is 0 Å². The van der Waals surface area contributed by atoms with Gasteiger partial charge in [0.25, 0.3) is 0 Å². The van der Waals surface area contributed by atoms with E-state index in [4.69, 9.17) is 9.47 Å². The van der Waals surface area contributed by atoms with Gasteiger partial charge in [-0.15, -0.1) is 0 Å². The first-order valence-corrected chi connectivity index (χ1v) is 7.33. The highest BCUT2D eigenvalue weighted by Gasteiger charge is 2.23. The Hall–Kier alpha value is -1.22. The molecule has 1 aromatic rings. The molecule has 0 saturated carbocycles. The number of fused-ring (bicyclic) bond motifs is 1. The van der Waals surface area contributed by atoms with Crippen LogP contribution in [-0.2, 0) is 0 Å². The molecule has 1 atom stereocenters. The predicted molar refractivity (Wildman–Crippen MR) is 77.9 cm³/mol. The molecule has 19 heavy (non-hydrogen) atoms. The van der Waals surface area contributed by atoms with Gasteiger partial charge in [0, 0.05) is 11.6 Å². The molecule has 0 bridgehead atoms. The van der Waals surface area contributed by atoms with Crippen molar-refractivity contribution < 1.29 is 9.47 Å². The number of rotatable bonds is 7. The Bertz CT molecular complexity index is 404. The molecule has 1 aliphatic rings. The molecule has 0 amide bonds. The number of hydrogen-bond acceptors (Lipinski definition) is 3. The van der Waals surface area contributed by atoms with Gasteiger partial charge < -0.3 is 14.8 Å². The minimum absolute atomic E-state index is 0.329. The first-order chi connectivity index (χ1) is 9.20. The van der Waals surface area contributed by atoms with Crippen molar-refractivity contribution in [1.82, 2.24) is 5.32 Å². The molecule has 1 N–H and O–H groups in total. The van der Waals surface area contributed by atoms with Gasteiger partial charge in [-0.05, 0) is 37.4 Å². The average molecular weight is 263 g/mol. The zero-order valence-corrected chi connectivity index (χ0v) is 12.2. The van der Waals surface area contributed by atoms with Gasteiger partial charge in [-0.3, -0.25) is 0 Å². The Kier molecular flexibility index (Phi) is 5.08. The van der Waals surface area contributed by atoms with Crippen molar-refractivity contribution in [2.45, 2.75) is 39.7 Å². The summed E-state index contributed by atoms with van der Waals surface area (Å²) >= 11 is 0. The van der Waals surface area contributed by atoms with E-state index in [0.717, 1.165) is 43.6 Å². The number of ether oxygens (including phenoxy) is 2. The lowest BCUT2D eigenvalue weighted by Gasteiger charge is -2.10. The van der Waals surface area contributed by atoms with Crippen LogP contribution >= 0.6 is 0 Å². The highest BCUT2D eigenvalue weighted by atomic mass is 16.5. The molecule has 0 radical (unpaired) electrons. The van der Waals surface area contributed by atoms with Crippen LogP contribution in [0, 0.1) is 5.92 Å². The van der Waals surface area contributed by atoms with Crippen LogP contribution in [0.25, 0.3) is 0 Å².